The van der Waals surface area contributed by atoms with Gasteiger partial charge in [-0.3, -0.25) is 10.1 Å². The summed E-state index contributed by atoms with van der Waals surface area (Å²) in [7, 11) is 0. The van der Waals surface area contributed by atoms with E-state index in [0.717, 1.165) is 29.9 Å². The highest BCUT2D eigenvalue weighted by Crippen LogP contribution is 2.17. The van der Waals surface area contributed by atoms with E-state index in [1.54, 1.807) is 12.1 Å². The van der Waals surface area contributed by atoms with Crippen molar-refractivity contribution in [3.05, 3.63) is 69.8 Å². The first-order valence-electron chi connectivity index (χ1n) is 9.34. The lowest BCUT2D eigenvalue weighted by Gasteiger charge is -2.06. The van der Waals surface area contributed by atoms with Gasteiger partial charge in [-0.1, -0.05) is 63.3 Å². The Kier molecular flexibility index (Phi) is 8.40. The summed E-state index contributed by atoms with van der Waals surface area (Å²) >= 11 is 0. The first-order valence-corrected chi connectivity index (χ1v) is 9.34. The van der Waals surface area contributed by atoms with Gasteiger partial charge in [0.15, 0.2) is 0 Å². The van der Waals surface area contributed by atoms with Crippen LogP contribution in [0.2, 0.25) is 0 Å². The van der Waals surface area contributed by atoms with E-state index in [-0.39, 0.29) is 5.69 Å². The second-order valence-corrected chi connectivity index (χ2v) is 6.37. The number of non-ortho nitro benzene ring substituents is 1. The van der Waals surface area contributed by atoms with Gasteiger partial charge in [0, 0.05) is 12.1 Å². The van der Waals surface area contributed by atoms with E-state index in [1.165, 1.54) is 44.2 Å². The van der Waals surface area contributed by atoms with E-state index in [1.807, 2.05) is 36.4 Å². The molecule has 2 aromatic rings. The molecule has 0 N–H and O–H groups in total. The van der Waals surface area contributed by atoms with Gasteiger partial charge in [-0.2, -0.15) is 0 Å². The zero-order valence-corrected chi connectivity index (χ0v) is 15.4. The molecule has 4 heteroatoms. The van der Waals surface area contributed by atoms with Crippen molar-refractivity contribution in [2.45, 2.75) is 45.4 Å². The summed E-state index contributed by atoms with van der Waals surface area (Å²) in [6.07, 6.45) is 11.5. The standard InChI is InChI=1S/C22H27NO3/c1-2-3-4-5-6-7-18-26-22-16-12-20(13-17-22)9-8-19-10-14-21(15-11-19)23(24)25/h8-17H,2-7,18H2,1H3. The molecule has 0 aliphatic carbocycles. The topological polar surface area (TPSA) is 52.4 Å². The van der Waals surface area contributed by atoms with Crippen LogP contribution >= 0.6 is 0 Å². The van der Waals surface area contributed by atoms with Gasteiger partial charge < -0.3 is 4.74 Å². The van der Waals surface area contributed by atoms with E-state index in [9.17, 15) is 10.1 Å². The summed E-state index contributed by atoms with van der Waals surface area (Å²) in [6, 6.07) is 14.5. The molecule has 0 unspecified atom stereocenters. The minimum atomic E-state index is -0.391. The number of nitro benzene ring substituents is 1. The van der Waals surface area contributed by atoms with Crippen LogP contribution in [0.1, 0.15) is 56.6 Å². The van der Waals surface area contributed by atoms with Crippen LogP contribution in [-0.4, -0.2) is 11.5 Å². The molecule has 0 bridgehead atoms. The van der Waals surface area contributed by atoms with Crippen molar-refractivity contribution in [2.75, 3.05) is 6.61 Å². The maximum atomic E-state index is 10.7. The lowest BCUT2D eigenvalue weighted by atomic mass is 10.1. The molecule has 0 aliphatic heterocycles. The molecular formula is C22H27NO3. The van der Waals surface area contributed by atoms with Gasteiger partial charge in [0.25, 0.3) is 5.69 Å². The number of unbranched alkanes of at least 4 members (excludes halogenated alkanes) is 5. The summed E-state index contributed by atoms with van der Waals surface area (Å²) in [4.78, 5) is 10.3. The zero-order chi connectivity index (χ0) is 18.6. The fraction of sp³-hybridized carbons (Fsp3) is 0.364. The summed E-state index contributed by atoms with van der Waals surface area (Å²) < 4.78 is 5.78. The van der Waals surface area contributed by atoms with Crippen molar-refractivity contribution in [3.8, 4) is 5.75 Å². The van der Waals surface area contributed by atoms with E-state index in [2.05, 4.69) is 6.92 Å². The average molecular weight is 353 g/mol. The minimum absolute atomic E-state index is 0.106. The molecule has 2 rings (SSSR count). The van der Waals surface area contributed by atoms with Crippen molar-refractivity contribution < 1.29 is 9.66 Å². The van der Waals surface area contributed by atoms with Crippen molar-refractivity contribution in [2.24, 2.45) is 0 Å². The van der Waals surface area contributed by atoms with Crippen LogP contribution in [0.5, 0.6) is 5.75 Å². The second kappa shape index (κ2) is 11.1. The van der Waals surface area contributed by atoms with Gasteiger partial charge in [-0.25, -0.2) is 0 Å². The van der Waals surface area contributed by atoms with Crippen LogP contribution in [0.15, 0.2) is 48.5 Å². The fourth-order valence-corrected chi connectivity index (χ4v) is 2.65. The number of ether oxygens (including phenoxy) is 1. The maximum absolute atomic E-state index is 10.7. The van der Waals surface area contributed by atoms with Gasteiger partial charge in [-0.05, 0) is 41.8 Å². The molecule has 0 amide bonds. The van der Waals surface area contributed by atoms with E-state index < -0.39 is 4.92 Å². The summed E-state index contributed by atoms with van der Waals surface area (Å²) in [6.45, 7) is 3.00. The normalized spacial score (nSPS) is 11.0. The Morgan fingerprint density at radius 1 is 0.846 bits per heavy atom. The van der Waals surface area contributed by atoms with Crippen molar-refractivity contribution in [1.29, 1.82) is 0 Å². The molecule has 0 heterocycles. The minimum Gasteiger partial charge on any atom is -0.494 e. The SMILES string of the molecule is CCCCCCCCOc1ccc(C=Cc2ccc([N+](=O)[O-])cc2)cc1. The lowest BCUT2D eigenvalue weighted by Crippen LogP contribution is -1.97. The quantitative estimate of drug-likeness (QED) is 0.200. The first kappa shape index (κ1) is 19.7. The second-order valence-electron chi connectivity index (χ2n) is 6.37. The van der Waals surface area contributed by atoms with Crippen LogP contribution in [0, 0.1) is 10.1 Å². The number of rotatable bonds is 11. The predicted octanol–water partition coefficient (Wildman–Crippen LogP) is 6.50. The smallest absolute Gasteiger partial charge is 0.269 e. The average Bonchev–Trinajstić information content (AvgIpc) is 2.67. The molecule has 0 saturated heterocycles. The Labute approximate surface area is 155 Å². The van der Waals surface area contributed by atoms with Crippen LogP contribution in [0.25, 0.3) is 12.2 Å². The number of nitrogens with zero attached hydrogens (tertiary/aromatic N) is 1. The third-order valence-corrected chi connectivity index (χ3v) is 4.22. The summed E-state index contributed by atoms with van der Waals surface area (Å²) in [5, 5.41) is 10.7. The number of nitro groups is 1. The van der Waals surface area contributed by atoms with Gasteiger partial charge in [0.05, 0.1) is 11.5 Å². The molecule has 0 radical (unpaired) electrons. The molecule has 0 saturated carbocycles. The molecule has 0 aliphatic rings. The summed E-state index contributed by atoms with van der Waals surface area (Å²) in [5.41, 5.74) is 2.10. The number of hydrogen-bond acceptors (Lipinski definition) is 3. The van der Waals surface area contributed by atoms with Crippen LogP contribution in [0.4, 0.5) is 5.69 Å². The first-order chi connectivity index (χ1) is 12.7. The van der Waals surface area contributed by atoms with Gasteiger partial charge in [0.2, 0.25) is 0 Å². The third-order valence-electron chi connectivity index (χ3n) is 4.22. The maximum Gasteiger partial charge on any atom is 0.269 e. The van der Waals surface area contributed by atoms with E-state index >= 15 is 0 Å². The van der Waals surface area contributed by atoms with Gasteiger partial charge >= 0.3 is 0 Å². The van der Waals surface area contributed by atoms with Gasteiger partial charge in [-0.15, -0.1) is 0 Å². The summed E-state index contributed by atoms with van der Waals surface area (Å²) in [5.74, 6) is 0.894. The number of hydrogen-bond donors (Lipinski definition) is 0. The molecule has 4 nitrogen and oxygen atoms in total. The predicted molar refractivity (Wildman–Crippen MR) is 107 cm³/mol. The van der Waals surface area contributed by atoms with Gasteiger partial charge in [0.1, 0.15) is 5.75 Å². The largest absolute Gasteiger partial charge is 0.494 e. The van der Waals surface area contributed by atoms with Crippen LogP contribution in [-0.2, 0) is 0 Å². The zero-order valence-electron chi connectivity index (χ0n) is 15.4. The third kappa shape index (κ3) is 7.09. The molecule has 0 atom stereocenters. The van der Waals surface area contributed by atoms with Crippen molar-refractivity contribution in [3.63, 3.8) is 0 Å². The molecule has 0 aromatic heterocycles. The highest BCUT2D eigenvalue weighted by molar-refractivity contribution is 5.70. The van der Waals surface area contributed by atoms with E-state index in [0.29, 0.717) is 0 Å². The van der Waals surface area contributed by atoms with Crippen molar-refractivity contribution in [1.82, 2.24) is 0 Å². The Balaban J connectivity index is 1.75. The van der Waals surface area contributed by atoms with Crippen LogP contribution < -0.4 is 4.74 Å². The monoisotopic (exact) mass is 353 g/mol. The van der Waals surface area contributed by atoms with E-state index in [4.69, 9.17) is 4.74 Å². The molecule has 0 spiro atoms. The Morgan fingerprint density at radius 3 is 1.96 bits per heavy atom. The number of benzene rings is 2. The molecular weight excluding hydrogens is 326 g/mol. The fourth-order valence-electron chi connectivity index (χ4n) is 2.65. The van der Waals surface area contributed by atoms with Crippen LogP contribution in [0.3, 0.4) is 0 Å². The Morgan fingerprint density at radius 2 is 1.38 bits per heavy atom. The molecule has 2 aromatic carbocycles. The molecule has 138 valence electrons. The Bertz CT molecular complexity index is 690. The molecule has 26 heavy (non-hydrogen) atoms. The lowest BCUT2D eigenvalue weighted by molar-refractivity contribution is -0.384. The highest BCUT2D eigenvalue weighted by Gasteiger charge is 2.02. The molecule has 0 fully saturated rings. The Hall–Kier alpha value is -2.62. The highest BCUT2D eigenvalue weighted by atomic mass is 16.6. The van der Waals surface area contributed by atoms with Crippen molar-refractivity contribution >= 4 is 17.8 Å².